The van der Waals surface area contributed by atoms with Gasteiger partial charge < -0.3 is 10.1 Å². The van der Waals surface area contributed by atoms with Gasteiger partial charge >= 0.3 is 0 Å². The molecule has 0 aliphatic carbocycles. The lowest BCUT2D eigenvalue weighted by Crippen LogP contribution is -2.44. The minimum Gasteiger partial charge on any atom is -0.379 e. The third-order valence-electron chi connectivity index (χ3n) is 5.59. The Labute approximate surface area is 176 Å². The summed E-state index contributed by atoms with van der Waals surface area (Å²) in [4.78, 5) is 14.8. The average molecular weight is 450 g/mol. The maximum absolute atomic E-state index is 12.7. The van der Waals surface area contributed by atoms with E-state index in [0.717, 1.165) is 44.2 Å². The second kappa shape index (κ2) is 9.86. The van der Waals surface area contributed by atoms with E-state index >= 15 is 0 Å². The van der Waals surface area contributed by atoms with E-state index in [1.807, 2.05) is 6.92 Å². The fraction of sp³-hybridized carbons (Fsp3) is 0.722. The number of sulfonamides is 1. The lowest BCUT2D eigenvalue weighted by atomic mass is 9.85. The van der Waals surface area contributed by atoms with Gasteiger partial charge in [-0.1, -0.05) is 18.5 Å². The van der Waals surface area contributed by atoms with Crippen LogP contribution >= 0.6 is 22.9 Å². The molecule has 3 rings (SSSR count). The lowest BCUT2D eigenvalue weighted by Gasteiger charge is -2.33. The Bertz CT molecular complexity index is 757. The molecule has 2 saturated heterocycles. The van der Waals surface area contributed by atoms with Crippen LogP contribution in [0.25, 0.3) is 0 Å². The number of hydrogen-bond donors (Lipinski definition) is 1. The molecule has 0 spiro atoms. The first-order valence-electron chi connectivity index (χ1n) is 9.71. The summed E-state index contributed by atoms with van der Waals surface area (Å²) in [5.41, 5.74) is 0. The Morgan fingerprint density at radius 1 is 1.29 bits per heavy atom. The molecule has 0 radical (unpaired) electrons. The third-order valence-corrected chi connectivity index (χ3v) is 9.19. The van der Waals surface area contributed by atoms with E-state index < -0.39 is 10.0 Å². The molecule has 1 aromatic rings. The summed E-state index contributed by atoms with van der Waals surface area (Å²) in [6.07, 6.45) is 1.38. The third kappa shape index (κ3) is 5.46. The number of carbonyl (C=O) groups is 1. The van der Waals surface area contributed by atoms with Gasteiger partial charge in [0.15, 0.2) is 0 Å². The minimum atomic E-state index is -3.49. The molecule has 10 heteroatoms. The van der Waals surface area contributed by atoms with Crippen molar-refractivity contribution < 1.29 is 17.9 Å². The smallest absolute Gasteiger partial charge is 0.252 e. The molecule has 1 atom stereocenters. The van der Waals surface area contributed by atoms with Gasteiger partial charge in [-0.2, -0.15) is 4.31 Å². The predicted octanol–water partition coefficient (Wildman–Crippen LogP) is 1.89. The van der Waals surface area contributed by atoms with Crippen molar-refractivity contribution in [3.63, 3.8) is 0 Å². The molecule has 0 saturated carbocycles. The summed E-state index contributed by atoms with van der Waals surface area (Å²) >= 11 is 6.96. The van der Waals surface area contributed by atoms with Crippen LogP contribution in [-0.2, 0) is 19.6 Å². The molecule has 7 nitrogen and oxygen atoms in total. The van der Waals surface area contributed by atoms with Gasteiger partial charge in [0.25, 0.3) is 10.0 Å². The number of nitrogens with zero attached hydrogens (tertiary/aromatic N) is 2. The molecule has 1 N–H and O–H groups in total. The van der Waals surface area contributed by atoms with Gasteiger partial charge in [0.05, 0.1) is 17.6 Å². The Morgan fingerprint density at radius 3 is 2.57 bits per heavy atom. The van der Waals surface area contributed by atoms with Crippen LogP contribution in [0.5, 0.6) is 0 Å². The van der Waals surface area contributed by atoms with Crippen LogP contribution < -0.4 is 5.32 Å². The summed E-state index contributed by atoms with van der Waals surface area (Å²) in [5, 5.41) is 3.03. The molecule has 2 fully saturated rings. The Hall–Kier alpha value is -0.710. The number of hydrogen-bond acceptors (Lipinski definition) is 6. The summed E-state index contributed by atoms with van der Waals surface area (Å²) in [6.45, 7) is 7.62. The van der Waals surface area contributed by atoms with Gasteiger partial charge in [0.2, 0.25) is 5.91 Å². The highest BCUT2D eigenvalue weighted by Crippen LogP contribution is 2.32. The normalized spacial score (nSPS) is 21.5. The lowest BCUT2D eigenvalue weighted by molar-refractivity contribution is -0.126. The molecular weight excluding hydrogens is 422 g/mol. The second-order valence-electron chi connectivity index (χ2n) is 7.33. The van der Waals surface area contributed by atoms with E-state index in [0.29, 0.717) is 36.8 Å². The Morgan fingerprint density at radius 2 is 1.96 bits per heavy atom. The quantitative estimate of drug-likeness (QED) is 0.687. The van der Waals surface area contributed by atoms with Gasteiger partial charge in [0, 0.05) is 45.2 Å². The molecule has 3 heterocycles. The standard InChI is InChI=1S/C18H28ClN3O4S2/c1-14(18(23)20-6-9-21-10-12-26-13-11-21)15-4-7-22(8-5-15)28(24,25)17-3-2-16(19)27-17/h2-3,14-15H,4-13H2,1H3,(H,20,23). The van der Waals surface area contributed by atoms with Crippen molar-refractivity contribution in [3.8, 4) is 0 Å². The van der Waals surface area contributed by atoms with E-state index in [2.05, 4.69) is 10.2 Å². The van der Waals surface area contributed by atoms with Crippen LogP contribution in [0.1, 0.15) is 19.8 Å². The van der Waals surface area contributed by atoms with Crippen LogP contribution in [0.3, 0.4) is 0 Å². The molecule has 2 aliphatic heterocycles. The number of amides is 1. The van der Waals surface area contributed by atoms with Gasteiger partial charge in [-0.25, -0.2) is 8.42 Å². The van der Waals surface area contributed by atoms with Crippen LogP contribution in [0.15, 0.2) is 16.3 Å². The summed E-state index contributed by atoms with van der Waals surface area (Å²) in [6, 6.07) is 3.16. The Kier molecular flexibility index (Phi) is 7.74. The molecule has 158 valence electrons. The van der Waals surface area contributed by atoms with E-state index in [-0.39, 0.29) is 22.0 Å². The van der Waals surface area contributed by atoms with Crippen LogP contribution in [0, 0.1) is 11.8 Å². The van der Waals surface area contributed by atoms with Crippen LogP contribution in [0.4, 0.5) is 0 Å². The van der Waals surface area contributed by atoms with Crippen molar-refractivity contribution in [1.29, 1.82) is 0 Å². The molecule has 1 unspecified atom stereocenters. The highest BCUT2D eigenvalue weighted by Gasteiger charge is 2.34. The summed E-state index contributed by atoms with van der Waals surface area (Å²) < 4.78 is 33.0. The zero-order valence-electron chi connectivity index (χ0n) is 16.1. The number of halogens is 1. The largest absolute Gasteiger partial charge is 0.379 e. The number of rotatable bonds is 7. The highest BCUT2D eigenvalue weighted by molar-refractivity contribution is 7.91. The van der Waals surface area contributed by atoms with Crippen LogP contribution in [0.2, 0.25) is 4.34 Å². The number of thiophene rings is 1. The number of nitrogens with one attached hydrogen (secondary N) is 1. The topological polar surface area (TPSA) is 79.0 Å². The predicted molar refractivity (Wildman–Crippen MR) is 110 cm³/mol. The van der Waals surface area contributed by atoms with E-state index in [1.54, 1.807) is 12.1 Å². The number of ether oxygens (including phenoxy) is 1. The van der Waals surface area contributed by atoms with Gasteiger partial charge in [-0.15, -0.1) is 11.3 Å². The molecule has 1 amide bonds. The second-order valence-corrected chi connectivity index (χ2v) is 11.2. The molecule has 1 aromatic heterocycles. The molecule has 0 aromatic carbocycles. The highest BCUT2D eigenvalue weighted by atomic mass is 35.5. The fourth-order valence-corrected chi connectivity index (χ4v) is 6.82. The Balaban J connectivity index is 1.44. The van der Waals surface area contributed by atoms with Crippen molar-refractivity contribution in [2.75, 3.05) is 52.5 Å². The van der Waals surface area contributed by atoms with Gasteiger partial charge in [-0.05, 0) is 30.9 Å². The van der Waals surface area contributed by atoms with E-state index in [1.165, 1.54) is 4.31 Å². The van der Waals surface area contributed by atoms with Crippen molar-refractivity contribution in [1.82, 2.24) is 14.5 Å². The molecular formula is C18H28ClN3O4S2. The zero-order valence-corrected chi connectivity index (χ0v) is 18.5. The van der Waals surface area contributed by atoms with Gasteiger partial charge in [-0.3, -0.25) is 9.69 Å². The first kappa shape index (κ1) is 22.0. The summed E-state index contributed by atoms with van der Waals surface area (Å²) in [5.74, 6) is 0.132. The molecule has 28 heavy (non-hydrogen) atoms. The monoisotopic (exact) mass is 449 g/mol. The SMILES string of the molecule is CC(C(=O)NCCN1CCOCC1)C1CCN(S(=O)(=O)c2ccc(Cl)s2)CC1. The van der Waals surface area contributed by atoms with E-state index in [9.17, 15) is 13.2 Å². The first-order chi connectivity index (χ1) is 13.4. The first-order valence-corrected chi connectivity index (χ1v) is 12.3. The van der Waals surface area contributed by atoms with Crippen molar-refractivity contribution in [2.24, 2.45) is 11.8 Å². The molecule has 0 bridgehead atoms. The number of piperidine rings is 1. The molecule has 2 aliphatic rings. The number of morpholine rings is 1. The minimum absolute atomic E-state index is 0.0552. The number of carbonyl (C=O) groups excluding carboxylic acids is 1. The van der Waals surface area contributed by atoms with Crippen molar-refractivity contribution >= 4 is 38.9 Å². The zero-order chi connectivity index (χ0) is 20.1. The van der Waals surface area contributed by atoms with Crippen molar-refractivity contribution in [3.05, 3.63) is 16.5 Å². The average Bonchev–Trinajstić information content (AvgIpc) is 3.15. The van der Waals surface area contributed by atoms with Crippen molar-refractivity contribution in [2.45, 2.75) is 24.0 Å². The maximum Gasteiger partial charge on any atom is 0.252 e. The maximum atomic E-state index is 12.7. The van der Waals surface area contributed by atoms with Crippen LogP contribution in [-0.4, -0.2) is 76.0 Å². The van der Waals surface area contributed by atoms with E-state index in [4.69, 9.17) is 16.3 Å². The fourth-order valence-electron chi connectivity index (χ4n) is 3.72. The summed E-state index contributed by atoms with van der Waals surface area (Å²) in [7, 11) is -3.49. The van der Waals surface area contributed by atoms with Gasteiger partial charge in [0.1, 0.15) is 4.21 Å².